The number of ether oxygens (including phenoxy) is 1. The van der Waals surface area contributed by atoms with Crippen LogP contribution in [0.5, 0.6) is 5.75 Å². The lowest BCUT2D eigenvalue weighted by Gasteiger charge is -2.41. The van der Waals surface area contributed by atoms with Gasteiger partial charge in [-0.3, -0.25) is 4.90 Å². The minimum atomic E-state index is -4.68. The van der Waals surface area contributed by atoms with Crippen LogP contribution in [0.15, 0.2) is 18.2 Å². The Labute approximate surface area is 110 Å². The van der Waals surface area contributed by atoms with E-state index in [1.54, 1.807) is 0 Å². The van der Waals surface area contributed by atoms with Crippen molar-refractivity contribution < 1.29 is 31.1 Å². The Hall–Kier alpha value is -1.60. The van der Waals surface area contributed by atoms with Crippen LogP contribution in [0.3, 0.4) is 0 Å². The Morgan fingerprint density at radius 2 is 1.70 bits per heavy atom. The summed E-state index contributed by atoms with van der Waals surface area (Å²) in [5.41, 5.74) is -2.70. The topological polar surface area (TPSA) is 12.5 Å². The summed E-state index contributed by atoms with van der Waals surface area (Å²) in [7, 11) is 0. The zero-order chi connectivity index (χ0) is 15.3. The van der Waals surface area contributed by atoms with Gasteiger partial charge < -0.3 is 4.74 Å². The van der Waals surface area contributed by atoms with Gasteiger partial charge in [0, 0.05) is 0 Å². The number of fused-ring (bicyclic) bond motifs is 1. The van der Waals surface area contributed by atoms with E-state index in [2.05, 4.69) is 0 Å². The van der Waals surface area contributed by atoms with Crippen molar-refractivity contribution >= 4 is 5.69 Å². The molecule has 2 rings (SSSR count). The van der Waals surface area contributed by atoms with E-state index >= 15 is 0 Å². The minimum absolute atomic E-state index is 0.0893. The van der Waals surface area contributed by atoms with E-state index in [1.807, 2.05) is 0 Å². The molecule has 0 saturated carbocycles. The molecule has 1 aliphatic rings. The molecule has 0 amide bonds. The molecule has 1 aromatic rings. The maximum Gasteiger partial charge on any atom is 0.485 e. The van der Waals surface area contributed by atoms with E-state index in [0.29, 0.717) is 12.1 Å². The van der Waals surface area contributed by atoms with Crippen molar-refractivity contribution in [2.45, 2.75) is 31.9 Å². The maximum absolute atomic E-state index is 12.9. The Balaban J connectivity index is 2.53. The molecule has 0 saturated heterocycles. The van der Waals surface area contributed by atoms with E-state index in [4.69, 9.17) is 4.74 Å². The van der Waals surface area contributed by atoms with Gasteiger partial charge >= 0.3 is 12.5 Å². The van der Waals surface area contributed by atoms with Gasteiger partial charge in [-0.25, -0.2) is 0 Å². The second-order valence-corrected chi connectivity index (χ2v) is 5.10. The summed E-state index contributed by atoms with van der Waals surface area (Å²) < 4.78 is 81.8. The van der Waals surface area contributed by atoms with Gasteiger partial charge in [0.15, 0.2) is 0 Å². The van der Waals surface area contributed by atoms with E-state index < -0.39 is 41.6 Å². The molecule has 0 bridgehead atoms. The lowest BCUT2D eigenvalue weighted by molar-refractivity contribution is -0.139. The fraction of sp³-hybridized carbons (Fsp3) is 0.500. The lowest BCUT2D eigenvalue weighted by Crippen LogP contribution is -2.52. The highest BCUT2D eigenvalue weighted by Crippen LogP contribution is 2.44. The van der Waals surface area contributed by atoms with E-state index in [1.165, 1.54) is 13.8 Å². The molecule has 1 aromatic carbocycles. The molecule has 0 spiro atoms. The van der Waals surface area contributed by atoms with Crippen molar-refractivity contribution in [3.8, 4) is 5.75 Å². The first-order valence-electron chi connectivity index (χ1n) is 5.65. The molecule has 0 atom stereocenters. The smallest absolute Gasteiger partial charge is 0.484 e. The average Bonchev–Trinajstić information content (AvgIpc) is 2.23. The molecule has 1 aliphatic heterocycles. The first-order chi connectivity index (χ1) is 8.90. The van der Waals surface area contributed by atoms with Gasteiger partial charge in [0.25, 0.3) is 0 Å². The van der Waals surface area contributed by atoms with Crippen molar-refractivity contribution in [3.63, 3.8) is 0 Å². The normalized spacial score (nSPS) is 18.5. The summed E-state index contributed by atoms with van der Waals surface area (Å²) in [4.78, 5) is 0.0893. The van der Waals surface area contributed by atoms with Gasteiger partial charge in [-0.2, -0.15) is 26.3 Å². The predicted octanol–water partition coefficient (Wildman–Crippen LogP) is 4.20. The van der Waals surface area contributed by atoms with Crippen LogP contribution in [0.25, 0.3) is 0 Å². The molecule has 2 nitrogen and oxygen atoms in total. The number of hydrogen-bond acceptors (Lipinski definition) is 2. The van der Waals surface area contributed by atoms with Crippen LogP contribution in [0.2, 0.25) is 0 Å². The third-order valence-electron chi connectivity index (χ3n) is 2.81. The van der Waals surface area contributed by atoms with Crippen molar-refractivity contribution in [1.29, 1.82) is 0 Å². The van der Waals surface area contributed by atoms with Gasteiger partial charge in [0.1, 0.15) is 11.4 Å². The summed E-state index contributed by atoms with van der Waals surface area (Å²) >= 11 is 0. The van der Waals surface area contributed by atoms with Gasteiger partial charge in [0.2, 0.25) is 0 Å². The third-order valence-corrected chi connectivity index (χ3v) is 2.81. The average molecular weight is 299 g/mol. The highest BCUT2D eigenvalue weighted by molar-refractivity contribution is 5.62. The third kappa shape index (κ3) is 2.78. The van der Waals surface area contributed by atoms with Crippen LogP contribution in [0.4, 0.5) is 32.0 Å². The van der Waals surface area contributed by atoms with Crippen LogP contribution in [-0.4, -0.2) is 18.4 Å². The summed E-state index contributed by atoms with van der Waals surface area (Å²) in [6.07, 6.45) is -9.32. The SMILES string of the molecule is CC1(C)CN(C(F)(F)F)c2ccc(C(F)(F)F)cc2O1. The Morgan fingerprint density at radius 1 is 1.10 bits per heavy atom. The fourth-order valence-corrected chi connectivity index (χ4v) is 2.02. The molecule has 8 heteroatoms. The molecule has 0 radical (unpaired) electrons. The van der Waals surface area contributed by atoms with E-state index in [9.17, 15) is 26.3 Å². The zero-order valence-electron chi connectivity index (χ0n) is 10.6. The highest BCUT2D eigenvalue weighted by Gasteiger charge is 2.46. The second-order valence-electron chi connectivity index (χ2n) is 5.10. The first-order valence-corrected chi connectivity index (χ1v) is 5.65. The predicted molar refractivity (Wildman–Crippen MR) is 59.6 cm³/mol. The summed E-state index contributed by atoms with van der Waals surface area (Å²) in [5.74, 6) is -0.423. The Morgan fingerprint density at radius 3 is 2.20 bits per heavy atom. The molecular formula is C12H11F6NO. The van der Waals surface area contributed by atoms with Crippen LogP contribution in [0.1, 0.15) is 19.4 Å². The first kappa shape index (κ1) is 14.8. The van der Waals surface area contributed by atoms with E-state index in [-0.39, 0.29) is 4.90 Å². The van der Waals surface area contributed by atoms with Crippen LogP contribution < -0.4 is 9.64 Å². The Bertz CT molecular complexity index is 520. The van der Waals surface area contributed by atoms with Crippen LogP contribution >= 0.6 is 0 Å². The Kier molecular flexibility index (Phi) is 3.10. The van der Waals surface area contributed by atoms with Crippen LogP contribution in [0, 0.1) is 0 Å². The molecule has 0 aromatic heterocycles. The molecular weight excluding hydrogens is 288 g/mol. The lowest BCUT2D eigenvalue weighted by atomic mass is 10.0. The van der Waals surface area contributed by atoms with Crippen molar-refractivity contribution in [3.05, 3.63) is 23.8 Å². The van der Waals surface area contributed by atoms with Crippen LogP contribution in [-0.2, 0) is 6.18 Å². The summed E-state index contributed by atoms with van der Waals surface area (Å²) in [5, 5.41) is 0. The van der Waals surface area contributed by atoms with Crippen molar-refractivity contribution in [2.24, 2.45) is 0 Å². The van der Waals surface area contributed by atoms with Gasteiger partial charge in [0.05, 0.1) is 17.8 Å². The van der Waals surface area contributed by atoms with Gasteiger partial charge in [-0.1, -0.05) is 0 Å². The quantitative estimate of drug-likeness (QED) is 0.526. The molecule has 20 heavy (non-hydrogen) atoms. The summed E-state index contributed by atoms with van der Waals surface area (Å²) in [6, 6.07) is 1.98. The monoisotopic (exact) mass is 299 g/mol. The molecule has 0 aliphatic carbocycles. The molecule has 1 heterocycles. The molecule has 112 valence electrons. The number of rotatable bonds is 0. The number of anilines is 1. The zero-order valence-corrected chi connectivity index (χ0v) is 10.6. The van der Waals surface area contributed by atoms with Gasteiger partial charge in [-0.15, -0.1) is 0 Å². The maximum atomic E-state index is 12.9. The number of hydrogen-bond donors (Lipinski definition) is 0. The number of nitrogens with zero attached hydrogens (tertiary/aromatic N) is 1. The summed E-state index contributed by atoms with van der Waals surface area (Å²) in [6.45, 7) is 2.28. The van der Waals surface area contributed by atoms with E-state index in [0.717, 1.165) is 6.07 Å². The highest BCUT2D eigenvalue weighted by atomic mass is 19.4. The number of alkyl halides is 6. The minimum Gasteiger partial charge on any atom is -0.484 e. The van der Waals surface area contributed by atoms with Crippen molar-refractivity contribution in [1.82, 2.24) is 0 Å². The molecule has 0 unspecified atom stereocenters. The van der Waals surface area contributed by atoms with Gasteiger partial charge in [-0.05, 0) is 32.0 Å². The second kappa shape index (κ2) is 4.20. The molecule has 0 N–H and O–H groups in total. The largest absolute Gasteiger partial charge is 0.485 e. The van der Waals surface area contributed by atoms with Crippen molar-refractivity contribution in [2.75, 3.05) is 11.4 Å². The number of halogens is 6. The fourth-order valence-electron chi connectivity index (χ4n) is 2.02. The number of benzene rings is 1. The standard InChI is InChI=1S/C12H11F6NO/c1-10(2)6-19(12(16,17)18)8-4-3-7(11(13,14)15)5-9(8)20-10/h3-5H,6H2,1-2H3. The molecule has 0 fully saturated rings.